The molecule has 4 aliphatic rings. The normalized spacial score (nSPS) is 38.0. The number of aliphatic hydroxyl groups excluding tert-OH is 1. The van der Waals surface area contributed by atoms with E-state index in [9.17, 15) is 9.90 Å². The molecule has 0 amide bonds. The van der Waals surface area contributed by atoms with Gasteiger partial charge in [0.15, 0.2) is 0 Å². The number of hydrogen-bond acceptors (Lipinski definition) is 3. The van der Waals surface area contributed by atoms with Crippen molar-refractivity contribution in [3.8, 4) is 0 Å². The fraction of sp³-hybridized carbons (Fsp3) is 0.750. The quantitative estimate of drug-likeness (QED) is 0.254. The van der Waals surface area contributed by atoms with Crippen LogP contribution in [0, 0.1) is 52.3 Å². The van der Waals surface area contributed by atoms with Crippen molar-refractivity contribution in [2.75, 3.05) is 6.61 Å². The monoisotopic (exact) mass is 534 g/mol. The number of benzene rings is 1. The zero-order valence-corrected chi connectivity index (χ0v) is 25.3. The van der Waals surface area contributed by atoms with Gasteiger partial charge in [-0.25, -0.2) is 4.79 Å². The predicted molar refractivity (Wildman–Crippen MR) is 159 cm³/mol. The van der Waals surface area contributed by atoms with Crippen LogP contribution in [0.1, 0.15) is 116 Å². The number of allylic oxidation sites excluding steroid dienone is 1. The van der Waals surface area contributed by atoms with Gasteiger partial charge in [0, 0.05) is 0 Å². The molecule has 10 unspecified atom stereocenters. The Morgan fingerprint density at radius 3 is 2.54 bits per heavy atom. The Morgan fingerprint density at radius 1 is 1.03 bits per heavy atom. The first-order valence-electron chi connectivity index (χ1n) is 16.3. The lowest BCUT2D eigenvalue weighted by Crippen LogP contribution is -2.50. The maximum atomic E-state index is 12.4. The van der Waals surface area contributed by atoms with Crippen molar-refractivity contribution >= 4 is 5.97 Å². The molecule has 5 rings (SSSR count). The van der Waals surface area contributed by atoms with E-state index in [1.165, 1.54) is 51.4 Å². The number of ether oxygens (including phenoxy) is 1. The third-order valence-electron chi connectivity index (χ3n) is 12.6. The molecule has 10 atom stereocenters. The largest absolute Gasteiger partial charge is 0.462 e. The van der Waals surface area contributed by atoms with E-state index < -0.39 is 0 Å². The lowest BCUT2D eigenvalue weighted by molar-refractivity contribution is -0.0576. The van der Waals surface area contributed by atoms with Crippen LogP contribution in [0.2, 0.25) is 0 Å². The summed E-state index contributed by atoms with van der Waals surface area (Å²) in [5, 5.41) is 10.3. The van der Waals surface area contributed by atoms with E-state index in [4.69, 9.17) is 4.74 Å². The lowest BCUT2D eigenvalue weighted by atomic mass is 9.47. The lowest BCUT2D eigenvalue weighted by Gasteiger charge is -2.58. The van der Waals surface area contributed by atoms with Crippen LogP contribution in [-0.4, -0.2) is 23.8 Å². The van der Waals surface area contributed by atoms with Crippen LogP contribution < -0.4 is 0 Å². The molecule has 3 fully saturated rings. The van der Waals surface area contributed by atoms with Gasteiger partial charge >= 0.3 is 5.97 Å². The summed E-state index contributed by atoms with van der Waals surface area (Å²) in [6.07, 6.45) is 16.1. The van der Waals surface area contributed by atoms with Gasteiger partial charge in [0.2, 0.25) is 0 Å². The Bertz CT molecular complexity index is 1020. The van der Waals surface area contributed by atoms with Crippen LogP contribution in [0.25, 0.3) is 0 Å². The number of aliphatic hydroxyl groups is 1. The van der Waals surface area contributed by atoms with Gasteiger partial charge in [-0.1, -0.05) is 77.3 Å². The Morgan fingerprint density at radius 2 is 1.79 bits per heavy atom. The molecule has 39 heavy (non-hydrogen) atoms. The summed E-state index contributed by atoms with van der Waals surface area (Å²) in [6.45, 7) is 12.8. The van der Waals surface area contributed by atoms with E-state index in [2.05, 4.69) is 40.7 Å². The second-order valence-electron chi connectivity index (χ2n) is 14.5. The molecule has 3 heteroatoms. The van der Waals surface area contributed by atoms with E-state index in [0.29, 0.717) is 34.8 Å². The minimum absolute atomic E-state index is 0.114. The number of fused-ring (bicyclic) bond motifs is 5. The van der Waals surface area contributed by atoms with Crippen molar-refractivity contribution in [1.82, 2.24) is 0 Å². The summed E-state index contributed by atoms with van der Waals surface area (Å²) in [7, 11) is 0. The number of rotatable bonds is 9. The average molecular weight is 535 g/mol. The summed E-state index contributed by atoms with van der Waals surface area (Å²) in [6, 6.07) is 9.37. The van der Waals surface area contributed by atoms with Crippen LogP contribution in [0.15, 0.2) is 42.0 Å². The second kappa shape index (κ2) is 11.7. The van der Waals surface area contributed by atoms with Crippen molar-refractivity contribution in [3.63, 3.8) is 0 Å². The standard InChI is InChI=1S/C36H54O3/c1-6-26(25(3)23-39-34(38)27-10-8-7-9-11-27)13-12-24(2)31-16-17-32-30-15-14-28-22-29(37)18-20-35(28,4)33(30)19-21-36(31,32)5/h7-11,14,24-26,29-33,37H,6,12-13,15-23H2,1-5H3. The fourth-order valence-corrected chi connectivity index (χ4v) is 10.2. The molecule has 0 aliphatic heterocycles. The summed E-state index contributed by atoms with van der Waals surface area (Å²) in [5.41, 5.74) is 3.05. The van der Waals surface area contributed by atoms with Crippen LogP contribution in [0.3, 0.4) is 0 Å². The van der Waals surface area contributed by atoms with Crippen LogP contribution in [-0.2, 0) is 4.74 Å². The van der Waals surface area contributed by atoms with E-state index in [0.717, 1.165) is 48.9 Å². The molecule has 0 radical (unpaired) electrons. The van der Waals surface area contributed by atoms with E-state index in [-0.39, 0.29) is 12.1 Å². The first-order chi connectivity index (χ1) is 18.7. The van der Waals surface area contributed by atoms with Gasteiger partial charge < -0.3 is 9.84 Å². The van der Waals surface area contributed by atoms with Crippen LogP contribution in [0.5, 0.6) is 0 Å². The molecule has 0 spiro atoms. The third kappa shape index (κ3) is 5.51. The molecule has 3 saturated carbocycles. The first-order valence-corrected chi connectivity index (χ1v) is 16.3. The highest BCUT2D eigenvalue weighted by atomic mass is 16.5. The van der Waals surface area contributed by atoms with Gasteiger partial charge in [-0.2, -0.15) is 0 Å². The Balaban J connectivity index is 1.17. The maximum Gasteiger partial charge on any atom is 0.338 e. The highest BCUT2D eigenvalue weighted by molar-refractivity contribution is 5.89. The van der Waals surface area contributed by atoms with Gasteiger partial charge in [0.05, 0.1) is 18.3 Å². The van der Waals surface area contributed by atoms with Crippen molar-refractivity contribution < 1.29 is 14.6 Å². The first kappa shape index (κ1) is 28.9. The predicted octanol–water partition coefficient (Wildman–Crippen LogP) is 8.86. The molecular formula is C36H54O3. The van der Waals surface area contributed by atoms with Gasteiger partial charge in [0.25, 0.3) is 0 Å². The Hall–Kier alpha value is -1.61. The molecule has 1 N–H and O–H groups in total. The van der Waals surface area contributed by atoms with Gasteiger partial charge in [0.1, 0.15) is 0 Å². The molecule has 0 aromatic heterocycles. The summed E-state index contributed by atoms with van der Waals surface area (Å²) < 4.78 is 5.71. The van der Waals surface area contributed by atoms with Gasteiger partial charge in [-0.15, -0.1) is 0 Å². The van der Waals surface area contributed by atoms with Crippen molar-refractivity contribution in [2.24, 2.45) is 52.3 Å². The highest BCUT2D eigenvalue weighted by Crippen LogP contribution is 2.67. The second-order valence-corrected chi connectivity index (χ2v) is 14.5. The Kier molecular flexibility index (Phi) is 8.68. The topological polar surface area (TPSA) is 46.5 Å². The molecular weight excluding hydrogens is 480 g/mol. The molecule has 1 aromatic carbocycles. The van der Waals surface area contributed by atoms with Crippen LogP contribution >= 0.6 is 0 Å². The summed E-state index contributed by atoms with van der Waals surface area (Å²) in [5.74, 6) is 4.89. The van der Waals surface area contributed by atoms with Crippen molar-refractivity contribution in [2.45, 2.75) is 111 Å². The average Bonchev–Trinajstić information content (AvgIpc) is 3.30. The zero-order valence-electron chi connectivity index (χ0n) is 25.3. The highest BCUT2D eigenvalue weighted by Gasteiger charge is 2.59. The van der Waals surface area contributed by atoms with Gasteiger partial charge in [-0.3, -0.25) is 0 Å². The molecule has 0 bridgehead atoms. The van der Waals surface area contributed by atoms with E-state index >= 15 is 0 Å². The van der Waals surface area contributed by atoms with E-state index in [1.54, 1.807) is 5.57 Å². The SMILES string of the molecule is CCC(CCC(C)C1CCC2C3CC=C4CC(O)CCC4(C)C3CCC12C)C(C)COC(=O)c1ccccc1. The third-order valence-corrected chi connectivity index (χ3v) is 12.6. The van der Waals surface area contributed by atoms with Crippen LogP contribution in [0.4, 0.5) is 0 Å². The molecule has 216 valence electrons. The molecule has 0 saturated heterocycles. The van der Waals surface area contributed by atoms with Crippen molar-refractivity contribution in [1.29, 1.82) is 0 Å². The minimum Gasteiger partial charge on any atom is -0.462 e. The number of hydrogen-bond donors (Lipinski definition) is 1. The zero-order chi connectivity index (χ0) is 27.8. The smallest absolute Gasteiger partial charge is 0.338 e. The van der Waals surface area contributed by atoms with Crippen molar-refractivity contribution in [3.05, 3.63) is 47.5 Å². The summed E-state index contributed by atoms with van der Waals surface area (Å²) >= 11 is 0. The number of carbonyl (C=O) groups is 1. The minimum atomic E-state index is -0.200. The number of esters is 1. The molecule has 4 aliphatic carbocycles. The van der Waals surface area contributed by atoms with Gasteiger partial charge in [-0.05, 0) is 122 Å². The fourth-order valence-electron chi connectivity index (χ4n) is 10.2. The number of carbonyl (C=O) groups excluding carboxylic acids is 1. The molecule has 0 heterocycles. The molecule has 1 aromatic rings. The molecule has 3 nitrogen and oxygen atoms in total. The summed E-state index contributed by atoms with van der Waals surface area (Å²) in [4.78, 5) is 12.4. The maximum absolute atomic E-state index is 12.4. The Labute approximate surface area is 238 Å². The van der Waals surface area contributed by atoms with E-state index in [1.807, 2.05) is 30.3 Å².